The summed E-state index contributed by atoms with van der Waals surface area (Å²) in [6.07, 6.45) is 1.33. The van der Waals surface area contributed by atoms with Gasteiger partial charge in [0.1, 0.15) is 10.7 Å². The van der Waals surface area contributed by atoms with Gasteiger partial charge in [-0.1, -0.05) is 17.7 Å². The lowest BCUT2D eigenvalue weighted by Crippen LogP contribution is -2.14. The van der Waals surface area contributed by atoms with Gasteiger partial charge in [0.25, 0.3) is 0 Å². The van der Waals surface area contributed by atoms with Crippen LogP contribution in [0.5, 0.6) is 5.75 Å². The molecule has 0 fully saturated rings. The highest BCUT2D eigenvalue weighted by molar-refractivity contribution is 7.87. The van der Waals surface area contributed by atoms with Gasteiger partial charge < -0.3 is 4.18 Å². The van der Waals surface area contributed by atoms with E-state index in [9.17, 15) is 34.8 Å². The van der Waals surface area contributed by atoms with Gasteiger partial charge in [-0.15, -0.1) is 0 Å². The first-order valence-electron chi connectivity index (χ1n) is 9.23. The Morgan fingerprint density at radius 1 is 0.853 bits per heavy atom. The first-order chi connectivity index (χ1) is 15.9. The molecule has 3 aromatic carbocycles. The fourth-order valence-electron chi connectivity index (χ4n) is 3.24. The zero-order chi connectivity index (χ0) is 24.9. The Bertz CT molecular complexity index is 1570. The van der Waals surface area contributed by atoms with E-state index >= 15 is 0 Å². The summed E-state index contributed by atoms with van der Waals surface area (Å²) >= 11 is 5.87. The summed E-state index contributed by atoms with van der Waals surface area (Å²) in [4.78, 5) is 3.61. The van der Waals surface area contributed by atoms with E-state index in [1.807, 2.05) is 0 Å². The van der Waals surface area contributed by atoms with Crippen molar-refractivity contribution in [2.24, 2.45) is 0 Å². The summed E-state index contributed by atoms with van der Waals surface area (Å²) in [5, 5.41) is 0.519. The fourth-order valence-corrected chi connectivity index (χ4v) is 4.37. The molecule has 0 saturated carbocycles. The Balaban J connectivity index is 1.81. The molecule has 12 heteroatoms. The van der Waals surface area contributed by atoms with Crippen molar-refractivity contribution >= 4 is 32.5 Å². The monoisotopic (exact) mass is 517 g/mol. The number of hydrogen-bond donors (Lipinski definition) is 0. The first kappa shape index (κ1) is 23.8. The maximum atomic E-state index is 13.9. The van der Waals surface area contributed by atoms with Crippen LogP contribution in [0, 0.1) is 41.8 Å². The number of aromatic nitrogens is 1. The molecule has 176 valence electrons. The molecule has 0 saturated heterocycles. The van der Waals surface area contributed by atoms with Crippen LogP contribution >= 0.6 is 11.6 Å². The van der Waals surface area contributed by atoms with Gasteiger partial charge in [-0.25, -0.2) is 17.6 Å². The molecule has 0 aliphatic carbocycles. The Labute approximate surface area is 193 Å². The number of benzene rings is 3. The van der Waals surface area contributed by atoms with Crippen molar-refractivity contribution in [3.63, 3.8) is 0 Å². The number of aryl methyl sites for hydroxylation is 1. The second-order valence-corrected chi connectivity index (χ2v) is 9.01. The Hall–Kier alpha value is -3.31. The second-order valence-electron chi connectivity index (χ2n) is 7.06. The molecule has 0 unspecified atom stereocenters. The van der Waals surface area contributed by atoms with Crippen LogP contribution in [0.15, 0.2) is 47.5 Å². The standard InChI is InChI=1S/C22H10ClF6NO3S/c1-9-6-15(24)14(23)8-13(9)21-12-3-2-11(7-10(12)4-5-30-21)34(31,32)33-22-19(28)17(26)16(25)18(27)20(22)29/h2-8H,1H3. The van der Waals surface area contributed by atoms with Crippen LogP contribution in [0.3, 0.4) is 0 Å². The molecule has 0 aliphatic heterocycles. The molecule has 0 atom stereocenters. The largest absolute Gasteiger partial charge is 0.372 e. The third kappa shape index (κ3) is 3.94. The predicted molar refractivity (Wildman–Crippen MR) is 111 cm³/mol. The van der Waals surface area contributed by atoms with E-state index in [0.29, 0.717) is 22.2 Å². The van der Waals surface area contributed by atoms with Crippen LogP contribution in [0.4, 0.5) is 26.3 Å². The fraction of sp³-hybridized carbons (Fsp3) is 0.0455. The molecule has 4 aromatic rings. The third-order valence-electron chi connectivity index (χ3n) is 4.91. The Kier molecular flexibility index (Phi) is 5.94. The molecule has 1 heterocycles. The van der Waals surface area contributed by atoms with Crippen molar-refractivity contribution < 1.29 is 38.9 Å². The van der Waals surface area contributed by atoms with Gasteiger partial charge in [-0.3, -0.25) is 4.98 Å². The molecular weight excluding hydrogens is 508 g/mol. The van der Waals surface area contributed by atoms with Crippen molar-refractivity contribution in [2.45, 2.75) is 11.8 Å². The maximum Gasteiger partial charge on any atom is 0.339 e. The molecule has 0 spiro atoms. The van der Waals surface area contributed by atoms with E-state index in [4.69, 9.17) is 11.6 Å². The number of nitrogens with zero attached hydrogens (tertiary/aromatic N) is 1. The highest BCUT2D eigenvalue weighted by Crippen LogP contribution is 2.35. The minimum Gasteiger partial charge on any atom is -0.372 e. The van der Waals surface area contributed by atoms with Crippen LogP contribution in [-0.4, -0.2) is 13.4 Å². The minimum absolute atomic E-state index is 0.158. The predicted octanol–water partition coefficient (Wildman–Crippen LogP) is 6.47. The van der Waals surface area contributed by atoms with E-state index in [1.165, 1.54) is 30.5 Å². The number of fused-ring (bicyclic) bond motifs is 1. The highest BCUT2D eigenvalue weighted by atomic mass is 35.5. The molecule has 4 nitrogen and oxygen atoms in total. The van der Waals surface area contributed by atoms with Gasteiger partial charge in [-0.2, -0.15) is 17.2 Å². The van der Waals surface area contributed by atoms with E-state index in [-0.39, 0.29) is 10.4 Å². The topological polar surface area (TPSA) is 56.3 Å². The smallest absolute Gasteiger partial charge is 0.339 e. The molecule has 1 aromatic heterocycles. The van der Waals surface area contributed by atoms with E-state index in [1.54, 1.807) is 6.92 Å². The second kappa shape index (κ2) is 8.48. The summed E-state index contributed by atoms with van der Waals surface area (Å²) in [6, 6.07) is 7.32. The van der Waals surface area contributed by atoms with Gasteiger partial charge in [-0.05, 0) is 48.2 Å². The van der Waals surface area contributed by atoms with Crippen molar-refractivity contribution in [3.05, 3.63) is 88.1 Å². The molecule has 34 heavy (non-hydrogen) atoms. The number of pyridine rings is 1. The number of hydrogen-bond acceptors (Lipinski definition) is 4. The van der Waals surface area contributed by atoms with Gasteiger partial charge in [0.15, 0.2) is 0 Å². The van der Waals surface area contributed by atoms with Crippen molar-refractivity contribution in [1.29, 1.82) is 0 Å². The lowest BCUT2D eigenvalue weighted by atomic mass is 10.00. The minimum atomic E-state index is -5.02. The van der Waals surface area contributed by atoms with Gasteiger partial charge in [0.05, 0.1) is 10.7 Å². The van der Waals surface area contributed by atoms with Crippen LogP contribution in [0.25, 0.3) is 22.0 Å². The van der Waals surface area contributed by atoms with Crippen LogP contribution in [0.1, 0.15) is 5.56 Å². The first-order valence-corrected chi connectivity index (χ1v) is 11.0. The van der Waals surface area contributed by atoms with Crippen LogP contribution < -0.4 is 4.18 Å². The average molecular weight is 518 g/mol. The van der Waals surface area contributed by atoms with Crippen molar-refractivity contribution in [1.82, 2.24) is 4.98 Å². The van der Waals surface area contributed by atoms with Crippen molar-refractivity contribution in [3.8, 4) is 17.0 Å². The lowest BCUT2D eigenvalue weighted by Gasteiger charge is -2.12. The van der Waals surface area contributed by atoms with Crippen LogP contribution in [-0.2, 0) is 10.1 Å². The number of halogens is 7. The van der Waals surface area contributed by atoms with Crippen LogP contribution in [0.2, 0.25) is 5.02 Å². The quantitative estimate of drug-likeness (QED) is 0.135. The zero-order valence-corrected chi connectivity index (χ0v) is 18.3. The SMILES string of the molecule is Cc1cc(F)c(Cl)cc1-c1nccc2cc(S(=O)(=O)Oc3c(F)c(F)c(F)c(F)c3F)ccc12. The Morgan fingerprint density at radius 3 is 2.12 bits per heavy atom. The molecule has 0 N–H and O–H groups in total. The molecule has 0 aliphatic rings. The molecule has 0 amide bonds. The van der Waals surface area contributed by atoms with E-state index in [2.05, 4.69) is 9.17 Å². The third-order valence-corrected chi connectivity index (χ3v) is 6.42. The summed E-state index contributed by atoms with van der Waals surface area (Å²) in [5.41, 5.74) is 1.29. The maximum absolute atomic E-state index is 13.9. The summed E-state index contributed by atoms with van der Waals surface area (Å²) in [7, 11) is -5.02. The molecule has 4 rings (SSSR count). The Morgan fingerprint density at radius 2 is 1.47 bits per heavy atom. The van der Waals surface area contributed by atoms with E-state index < -0.39 is 55.7 Å². The van der Waals surface area contributed by atoms with Crippen molar-refractivity contribution in [2.75, 3.05) is 0 Å². The van der Waals surface area contributed by atoms with Gasteiger partial charge >= 0.3 is 10.1 Å². The normalized spacial score (nSPS) is 11.8. The highest BCUT2D eigenvalue weighted by Gasteiger charge is 2.31. The summed E-state index contributed by atoms with van der Waals surface area (Å²) in [5.74, 6) is -14.6. The van der Waals surface area contributed by atoms with Gasteiger partial charge in [0.2, 0.25) is 34.8 Å². The molecule has 0 radical (unpaired) electrons. The molecular formula is C22H10ClF6NO3S. The number of rotatable bonds is 4. The zero-order valence-electron chi connectivity index (χ0n) is 16.8. The summed E-state index contributed by atoms with van der Waals surface area (Å²) in [6.45, 7) is 1.62. The van der Waals surface area contributed by atoms with E-state index in [0.717, 1.165) is 12.1 Å². The summed E-state index contributed by atoms with van der Waals surface area (Å²) < 4.78 is 111. The molecule has 0 bridgehead atoms. The van der Waals surface area contributed by atoms with Gasteiger partial charge in [0, 0.05) is 17.1 Å². The average Bonchev–Trinajstić information content (AvgIpc) is 2.81. The lowest BCUT2D eigenvalue weighted by molar-refractivity contribution is 0.346.